The van der Waals surface area contributed by atoms with Gasteiger partial charge in [0.25, 0.3) is 0 Å². The van der Waals surface area contributed by atoms with E-state index in [9.17, 15) is 0 Å². The van der Waals surface area contributed by atoms with Gasteiger partial charge in [-0.1, -0.05) is 72.8 Å². The van der Waals surface area contributed by atoms with E-state index in [4.69, 9.17) is 19.4 Å². The van der Waals surface area contributed by atoms with Gasteiger partial charge in [0.1, 0.15) is 22.5 Å². The third kappa shape index (κ3) is 4.17. The quantitative estimate of drug-likeness (QED) is 0.171. The number of benzene rings is 7. The highest BCUT2D eigenvalue weighted by molar-refractivity contribution is 7.28. The third-order valence-corrected chi connectivity index (χ3v) is 13.8. The fraction of sp³-hybridized carbons (Fsp3) is 0.0455. The SMILES string of the molecule is COc1ccc2c(c1)c1cc(OC)ccc1c1nc3c(-c4cccc5c4sc4ccccc45)sc(-c4cccc5c4sc4ccccc45)c3nc21. The highest BCUT2D eigenvalue weighted by atomic mass is 32.1. The summed E-state index contributed by atoms with van der Waals surface area (Å²) in [6, 6.07) is 43.2. The van der Waals surface area contributed by atoms with Gasteiger partial charge in [0.05, 0.1) is 35.0 Å². The van der Waals surface area contributed by atoms with Crippen LogP contribution >= 0.6 is 34.0 Å². The molecule has 0 aliphatic carbocycles. The Kier molecular flexibility index (Phi) is 6.26. The minimum absolute atomic E-state index is 0.798. The van der Waals surface area contributed by atoms with E-state index in [2.05, 4.69) is 109 Å². The summed E-state index contributed by atoms with van der Waals surface area (Å²) in [5.41, 5.74) is 6.01. The summed E-state index contributed by atoms with van der Waals surface area (Å²) >= 11 is 5.52. The predicted molar refractivity (Wildman–Crippen MR) is 220 cm³/mol. The standard InChI is InChI=1S/C44H26N2O2S3/c1-47-23-17-19-27-33(21-23)34-22-24(48-2)18-20-28(34)38-37(27)45-39-40(46-38)44(32-14-8-12-30-26-10-4-6-16-36(26)50-42(30)32)51-43(39)31-13-7-11-29-25-9-3-5-15-35(25)49-41(29)31/h3-22H,1-2H3. The summed E-state index contributed by atoms with van der Waals surface area (Å²) in [6.45, 7) is 0. The Bertz CT molecular complexity index is 3030. The van der Waals surface area contributed by atoms with Gasteiger partial charge in [-0.3, -0.25) is 0 Å². The zero-order valence-corrected chi connectivity index (χ0v) is 29.9. The molecule has 0 saturated carbocycles. The topological polar surface area (TPSA) is 44.2 Å². The number of aromatic nitrogens is 2. The first-order chi connectivity index (χ1) is 25.2. The number of thiophene rings is 3. The van der Waals surface area contributed by atoms with Crippen molar-refractivity contribution in [3.05, 3.63) is 121 Å². The highest BCUT2D eigenvalue weighted by Gasteiger charge is 2.24. The van der Waals surface area contributed by atoms with Crippen molar-refractivity contribution in [2.75, 3.05) is 14.2 Å². The van der Waals surface area contributed by atoms with Crippen molar-refractivity contribution in [2.45, 2.75) is 0 Å². The van der Waals surface area contributed by atoms with E-state index in [0.29, 0.717) is 0 Å². The molecule has 4 heterocycles. The first kappa shape index (κ1) is 29.2. The zero-order chi connectivity index (χ0) is 33.8. The van der Waals surface area contributed by atoms with Crippen molar-refractivity contribution in [3.8, 4) is 32.4 Å². The van der Waals surface area contributed by atoms with Crippen molar-refractivity contribution in [1.82, 2.24) is 9.97 Å². The van der Waals surface area contributed by atoms with Gasteiger partial charge in [-0.2, -0.15) is 0 Å². The molecule has 0 amide bonds. The minimum atomic E-state index is 0.798. The molecule has 0 saturated heterocycles. The molecule has 0 aliphatic rings. The van der Waals surface area contributed by atoms with Gasteiger partial charge in [0.15, 0.2) is 0 Å². The molecule has 11 rings (SSSR count). The van der Waals surface area contributed by atoms with Gasteiger partial charge in [0, 0.05) is 62.2 Å². The van der Waals surface area contributed by atoms with E-state index >= 15 is 0 Å². The number of hydrogen-bond donors (Lipinski definition) is 0. The lowest BCUT2D eigenvalue weighted by atomic mass is 9.98. The van der Waals surface area contributed by atoms with E-state index in [1.54, 1.807) is 14.2 Å². The van der Waals surface area contributed by atoms with Gasteiger partial charge in [0.2, 0.25) is 0 Å². The molecule has 0 aliphatic heterocycles. The van der Waals surface area contributed by atoms with E-state index in [-0.39, 0.29) is 0 Å². The smallest absolute Gasteiger partial charge is 0.119 e. The van der Waals surface area contributed by atoms with Gasteiger partial charge in [-0.15, -0.1) is 34.0 Å². The Morgan fingerprint density at radius 2 is 0.843 bits per heavy atom. The highest BCUT2D eigenvalue weighted by Crippen LogP contribution is 2.51. The van der Waals surface area contributed by atoms with Crippen LogP contribution in [0.1, 0.15) is 0 Å². The number of hydrogen-bond acceptors (Lipinski definition) is 7. The van der Waals surface area contributed by atoms with Crippen LogP contribution in [0, 0.1) is 0 Å². The molecule has 0 N–H and O–H groups in total. The van der Waals surface area contributed by atoms with Crippen LogP contribution in [0.2, 0.25) is 0 Å². The van der Waals surface area contributed by atoms with E-state index in [0.717, 1.165) is 64.9 Å². The molecule has 242 valence electrons. The van der Waals surface area contributed by atoms with Crippen molar-refractivity contribution >= 4 is 118 Å². The molecule has 0 unspecified atom stereocenters. The number of ether oxygens (including phenoxy) is 2. The summed E-state index contributed by atoms with van der Waals surface area (Å²) in [7, 11) is 3.42. The van der Waals surface area contributed by atoms with Gasteiger partial charge >= 0.3 is 0 Å². The monoisotopic (exact) mass is 710 g/mol. The first-order valence-corrected chi connectivity index (χ1v) is 19.2. The molecule has 4 nitrogen and oxygen atoms in total. The summed E-state index contributed by atoms with van der Waals surface area (Å²) in [5.74, 6) is 1.60. The van der Waals surface area contributed by atoms with Gasteiger partial charge in [-0.25, -0.2) is 9.97 Å². The normalized spacial score (nSPS) is 12.1. The van der Waals surface area contributed by atoms with Crippen molar-refractivity contribution in [2.24, 2.45) is 0 Å². The molecular formula is C44H26N2O2S3. The maximum absolute atomic E-state index is 5.70. The first-order valence-electron chi connectivity index (χ1n) is 16.7. The summed E-state index contributed by atoms with van der Waals surface area (Å²) in [4.78, 5) is 13.6. The average molecular weight is 711 g/mol. The molecule has 0 atom stereocenters. The third-order valence-electron chi connectivity index (χ3n) is 10.1. The Morgan fingerprint density at radius 3 is 1.31 bits per heavy atom. The second kappa shape index (κ2) is 10.9. The Labute approximate surface area is 303 Å². The van der Waals surface area contributed by atoms with Crippen LogP contribution in [-0.4, -0.2) is 24.2 Å². The lowest BCUT2D eigenvalue weighted by Gasteiger charge is -2.12. The van der Waals surface area contributed by atoms with Crippen LogP contribution in [0.3, 0.4) is 0 Å². The molecule has 51 heavy (non-hydrogen) atoms. The largest absolute Gasteiger partial charge is 0.497 e. The van der Waals surface area contributed by atoms with Crippen LogP contribution in [0.5, 0.6) is 11.5 Å². The van der Waals surface area contributed by atoms with Crippen LogP contribution in [0.4, 0.5) is 0 Å². The van der Waals surface area contributed by atoms with Crippen molar-refractivity contribution in [1.29, 1.82) is 0 Å². The van der Waals surface area contributed by atoms with Gasteiger partial charge in [-0.05, 0) is 59.3 Å². The Morgan fingerprint density at radius 1 is 0.392 bits per heavy atom. The molecule has 0 bridgehead atoms. The van der Waals surface area contributed by atoms with Crippen LogP contribution in [0.15, 0.2) is 121 Å². The number of fused-ring (bicyclic) bond motifs is 13. The summed E-state index contributed by atoms with van der Waals surface area (Å²) in [5, 5.41) is 9.30. The molecule has 7 heteroatoms. The number of methoxy groups -OCH3 is 2. The van der Waals surface area contributed by atoms with Crippen LogP contribution < -0.4 is 9.47 Å². The van der Waals surface area contributed by atoms with Crippen molar-refractivity contribution < 1.29 is 9.47 Å². The molecule has 0 radical (unpaired) electrons. The van der Waals surface area contributed by atoms with E-state index in [1.807, 2.05) is 46.1 Å². The molecule has 11 aromatic rings. The van der Waals surface area contributed by atoms with E-state index < -0.39 is 0 Å². The Hall–Kier alpha value is -5.60. The van der Waals surface area contributed by atoms with E-state index in [1.165, 1.54) is 51.5 Å². The zero-order valence-electron chi connectivity index (χ0n) is 27.5. The number of nitrogens with zero attached hydrogens (tertiary/aromatic N) is 2. The fourth-order valence-electron chi connectivity index (χ4n) is 7.70. The molecular weight excluding hydrogens is 685 g/mol. The second-order valence-electron chi connectivity index (χ2n) is 12.8. The molecule has 4 aromatic heterocycles. The lowest BCUT2D eigenvalue weighted by Crippen LogP contribution is -1.93. The van der Waals surface area contributed by atoms with Crippen LogP contribution in [-0.2, 0) is 0 Å². The number of rotatable bonds is 4. The second-order valence-corrected chi connectivity index (χ2v) is 15.9. The molecule has 0 spiro atoms. The van der Waals surface area contributed by atoms with Crippen molar-refractivity contribution in [3.63, 3.8) is 0 Å². The molecule has 7 aromatic carbocycles. The van der Waals surface area contributed by atoms with Gasteiger partial charge < -0.3 is 9.47 Å². The maximum Gasteiger partial charge on any atom is 0.119 e. The molecule has 0 fully saturated rings. The minimum Gasteiger partial charge on any atom is -0.497 e. The van der Waals surface area contributed by atoms with Crippen LogP contribution in [0.25, 0.3) is 105 Å². The summed E-state index contributed by atoms with van der Waals surface area (Å²) in [6.07, 6.45) is 0. The predicted octanol–water partition coefficient (Wildman–Crippen LogP) is 13.2. The summed E-state index contributed by atoms with van der Waals surface area (Å²) < 4.78 is 16.5. The maximum atomic E-state index is 5.70. The fourth-order valence-corrected chi connectivity index (χ4v) is 11.5. The lowest BCUT2D eigenvalue weighted by molar-refractivity contribution is 0.415. The Balaban J connectivity index is 1.32. The average Bonchev–Trinajstić information content (AvgIpc) is 3.88.